The van der Waals surface area contributed by atoms with Crippen LogP contribution in [-0.2, 0) is 12.8 Å². The van der Waals surface area contributed by atoms with E-state index >= 15 is 0 Å². The lowest BCUT2D eigenvalue weighted by atomic mass is 10.1. The molecular weight excluding hydrogens is 260 g/mol. The van der Waals surface area contributed by atoms with Crippen molar-refractivity contribution in [2.24, 2.45) is 0 Å². The molecule has 2 aromatic rings. The predicted molar refractivity (Wildman–Crippen MR) is 87.4 cm³/mol. The van der Waals surface area contributed by atoms with Gasteiger partial charge in [-0.2, -0.15) is 0 Å². The summed E-state index contributed by atoms with van der Waals surface area (Å²) >= 11 is 0. The Morgan fingerprint density at radius 1 is 1.00 bits per heavy atom. The van der Waals surface area contributed by atoms with Crippen LogP contribution in [0, 0.1) is 0 Å². The van der Waals surface area contributed by atoms with Gasteiger partial charge < -0.3 is 10.6 Å². The van der Waals surface area contributed by atoms with Gasteiger partial charge in [0.2, 0.25) is 0 Å². The predicted octanol–water partition coefficient (Wildman–Crippen LogP) is 3.87. The SMILES string of the molecule is CNc1cc(Nc2ccc3c(c2)CCC3)nc(C(C)C)n1. The van der Waals surface area contributed by atoms with Crippen LogP contribution >= 0.6 is 0 Å². The molecule has 110 valence electrons. The molecule has 4 nitrogen and oxygen atoms in total. The van der Waals surface area contributed by atoms with Crippen molar-refractivity contribution in [2.75, 3.05) is 17.7 Å². The summed E-state index contributed by atoms with van der Waals surface area (Å²) in [7, 11) is 1.88. The van der Waals surface area contributed by atoms with E-state index in [0.717, 1.165) is 23.1 Å². The molecule has 0 unspecified atom stereocenters. The number of aromatic nitrogens is 2. The van der Waals surface area contributed by atoms with E-state index in [0.29, 0.717) is 5.92 Å². The van der Waals surface area contributed by atoms with Crippen molar-refractivity contribution >= 4 is 17.3 Å². The Bertz CT molecular complexity index is 649. The summed E-state index contributed by atoms with van der Waals surface area (Å²) in [5, 5.41) is 6.51. The summed E-state index contributed by atoms with van der Waals surface area (Å²) in [6.45, 7) is 4.21. The molecule has 21 heavy (non-hydrogen) atoms. The lowest BCUT2D eigenvalue weighted by Gasteiger charge is -2.12. The highest BCUT2D eigenvalue weighted by atomic mass is 15.1. The van der Waals surface area contributed by atoms with Crippen LogP contribution in [0.1, 0.15) is 43.1 Å². The van der Waals surface area contributed by atoms with E-state index in [1.165, 1.54) is 30.4 Å². The number of anilines is 3. The topological polar surface area (TPSA) is 49.8 Å². The van der Waals surface area contributed by atoms with E-state index in [2.05, 4.69) is 52.6 Å². The molecule has 1 aliphatic carbocycles. The summed E-state index contributed by atoms with van der Waals surface area (Å²) < 4.78 is 0. The van der Waals surface area contributed by atoms with Gasteiger partial charge in [0.25, 0.3) is 0 Å². The zero-order chi connectivity index (χ0) is 14.8. The number of benzene rings is 1. The maximum atomic E-state index is 4.61. The van der Waals surface area contributed by atoms with Crippen LogP contribution in [-0.4, -0.2) is 17.0 Å². The van der Waals surface area contributed by atoms with Crippen molar-refractivity contribution in [1.82, 2.24) is 9.97 Å². The largest absolute Gasteiger partial charge is 0.373 e. The number of nitrogens with one attached hydrogen (secondary N) is 2. The molecule has 0 aliphatic heterocycles. The third-order valence-electron chi connectivity index (χ3n) is 3.89. The molecule has 2 N–H and O–H groups in total. The van der Waals surface area contributed by atoms with Crippen LogP contribution in [0.25, 0.3) is 0 Å². The lowest BCUT2D eigenvalue weighted by Crippen LogP contribution is -2.05. The highest BCUT2D eigenvalue weighted by Crippen LogP contribution is 2.27. The van der Waals surface area contributed by atoms with Gasteiger partial charge >= 0.3 is 0 Å². The fourth-order valence-corrected chi connectivity index (χ4v) is 2.71. The molecule has 0 atom stereocenters. The summed E-state index contributed by atoms with van der Waals surface area (Å²) in [6.07, 6.45) is 3.67. The first-order valence-corrected chi connectivity index (χ1v) is 7.61. The molecule has 4 heteroatoms. The minimum Gasteiger partial charge on any atom is -0.373 e. The van der Waals surface area contributed by atoms with Crippen LogP contribution in [0.4, 0.5) is 17.3 Å². The first-order chi connectivity index (χ1) is 10.2. The standard InChI is InChI=1S/C17H22N4/c1-11(2)17-20-15(18-3)10-16(21-17)19-14-8-7-12-5-4-6-13(12)9-14/h7-11H,4-6H2,1-3H3,(H2,18,19,20,21). The molecule has 0 saturated carbocycles. The second-order valence-corrected chi connectivity index (χ2v) is 5.86. The highest BCUT2D eigenvalue weighted by Gasteiger charge is 2.12. The molecule has 0 amide bonds. The fourth-order valence-electron chi connectivity index (χ4n) is 2.71. The molecule has 1 aromatic carbocycles. The zero-order valence-corrected chi connectivity index (χ0v) is 12.9. The highest BCUT2D eigenvalue weighted by molar-refractivity contribution is 5.61. The van der Waals surface area contributed by atoms with Crippen molar-refractivity contribution < 1.29 is 0 Å². The van der Waals surface area contributed by atoms with Crippen LogP contribution in [0.2, 0.25) is 0 Å². The van der Waals surface area contributed by atoms with Gasteiger partial charge in [-0.25, -0.2) is 9.97 Å². The molecule has 1 aromatic heterocycles. The minimum absolute atomic E-state index is 0.305. The van der Waals surface area contributed by atoms with Crippen molar-refractivity contribution in [1.29, 1.82) is 0 Å². The fraction of sp³-hybridized carbons (Fsp3) is 0.412. The van der Waals surface area contributed by atoms with E-state index in [-0.39, 0.29) is 0 Å². The quantitative estimate of drug-likeness (QED) is 0.893. The summed E-state index contributed by atoms with van der Waals surface area (Å²) in [6, 6.07) is 8.56. The van der Waals surface area contributed by atoms with Gasteiger partial charge in [-0.05, 0) is 42.5 Å². The number of fused-ring (bicyclic) bond motifs is 1. The first kappa shape index (κ1) is 13.9. The second kappa shape index (κ2) is 5.72. The van der Waals surface area contributed by atoms with E-state index in [9.17, 15) is 0 Å². The van der Waals surface area contributed by atoms with Gasteiger partial charge in [0, 0.05) is 24.7 Å². The minimum atomic E-state index is 0.305. The third kappa shape index (κ3) is 2.99. The number of rotatable bonds is 4. The molecule has 0 fully saturated rings. The Labute approximate surface area is 126 Å². The van der Waals surface area contributed by atoms with Gasteiger partial charge in [-0.15, -0.1) is 0 Å². The Hall–Kier alpha value is -2.10. The third-order valence-corrected chi connectivity index (χ3v) is 3.89. The average Bonchev–Trinajstić information content (AvgIpc) is 2.94. The number of hydrogen-bond acceptors (Lipinski definition) is 4. The normalized spacial score (nSPS) is 13.3. The van der Waals surface area contributed by atoms with Crippen molar-refractivity contribution in [3.8, 4) is 0 Å². The van der Waals surface area contributed by atoms with E-state index in [1.807, 2.05) is 13.1 Å². The average molecular weight is 282 g/mol. The summed E-state index contributed by atoms with van der Waals surface area (Å²) in [5.74, 6) is 2.85. The number of hydrogen-bond donors (Lipinski definition) is 2. The van der Waals surface area contributed by atoms with Gasteiger partial charge in [-0.1, -0.05) is 19.9 Å². The van der Waals surface area contributed by atoms with E-state index in [1.54, 1.807) is 0 Å². The molecule has 0 saturated heterocycles. The monoisotopic (exact) mass is 282 g/mol. The summed E-state index contributed by atoms with van der Waals surface area (Å²) in [5.41, 5.74) is 4.06. The van der Waals surface area contributed by atoms with Crippen molar-refractivity contribution in [2.45, 2.75) is 39.0 Å². The molecule has 1 aliphatic rings. The molecule has 1 heterocycles. The van der Waals surface area contributed by atoms with Crippen LogP contribution in [0.5, 0.6) is 0 Å². The number of aryl methyl sites for hydroxylation is 2. The van der Waals surface area contributed by atoms with Crippen molar-refractivity contribution in [3.63, 3.8) is 0 Å². The van der Waals surface area contributed by atoms with Crippen LogP contribution in [0.15, 0.2) is 24.3 Å². The number of nitrogens with zero attached hydrogens (tertiary/aromatic N) is 2. The van der Waals surface area contributed by atoms with Gasteiger partial charge in [-0.3, -0.25) is 0 Å². The van der Waals surface area contributed by atoms with Gasteiger partial charge in [0.15, 0.2) is 0 Å². The Balaban J connectivity index is 1.88. The smallest absolute Gasteiger partial charge is 0.136 e. The molecular formula is C17H22N4. The molecule has 0 bridgehead atoms. The Kier molecular flexibility index (Phi) is 3.78. The van der Waals surface area contributed by atoms with E-state index in [4.69, 9.17) is 0 Å². The zero-order valence-electron chi connectivity index (χ0n) is 12.9. The van der Waals surface area contributed by atoms with Gasteiger partial charge in [0.05, 0.1) is 0 Å². The van der Waals surface area contributed by atoms with E-state index < -0.39 is 0 Å². The van der Waals surface area contributed by atoms with Crippen LogP contribution in [0.3, 0.4) is 0 Å². The lowest BCUT2D eigenvalue weighted by molar-refractivity contribution is 0.778. The molecule has 3 rings (SSSR count). The van der Waals surface area contributed by atoms with Gasteiger partial charge in [0.1, 0.15) is 17.5 Å². The maximum Gasteiger partial charge on any atom is 0.136 e. The van der Waals surface area contributed by atoms with Crippen molar-refractivity contribution in [3.05, 3.63) is 41.2 Å². The maximum absolute atomic E-state index is 4.61. The Morgan fingerprint density at radius 3 is 2.52 bits per heavy atom. The van der Waals surface area contributed by atoms with Crippen LogP contribution < -0.4 is 10.6 Å². The first-order valence-electron chi connectivity index (χ1n) is 7.61. The molecule has 0 spiro atoms. The Morgan fingerprint density at radius 2 is 1.76 bits per heavy atom. The second-order valence-electron chi connectivity index (χ2n) is 5.86. The molecule has 0 radical (unpaired) electrons. The summed E-state index contributed by atoms with van der Waals surface area (Å²) in [4.78, 5) is 9.10.